The molecule has 1 atom stereocenters. The molecule has 0 aliphatic carbocycles. The van der Waals surface area contributed by atoms with Crippen LogP contribution in [0, 0.1) is 0 Å². The normalized spacial score (nSPS) is 14.9. The second-order valence-electron chi connectivity index (χ2n) is 4.61. The number of carboxylic acid groups (broad SMARTS) is 1. The van der Waals surface area contributed by atoms with E-state index in [1.54, 1.807) is 20.8 Å². The van der Waals surface area contributed by atoms with E-state index in [0.717, 1.165) is 6.92 Å². The molecule has 0 fully saturated rings. The first-order valence-corrected chi connectivity index (χ1v) is 4.99. The van der Waals surface area contributed by atoms with Crippen LogP contribution in [0.2, 0.25) is 0 Å². The van der Waals surface area contributed by atoms with Gasteiger partial charge in [-0.15, -0.1) is 0 Å². The van der Waals surface area contributed by atoms with E-state index in [4.69, 9.17) is 15.6 Å². The van der Waals surface area contributed by atoms with Gasteiger partial charge in [-0.3, -0.25) is 20.6 Å². The Bertz CT molecular complexity index is 334. The van der Waals surface area contributed by atoms with E-state index < -0.39 is 35.5 Å². The molecule has 0 bridgehead atoms. The summed E-state index contributed by atoms with van der Waals surface area (Å²) in [4.78, 5) is 33.4. The van der Waals surface area contributed by atoms with Gasteiger partial charge in [0.2, 0.25) is 5.66 Å². The molecule has 17 heavy (non-hydrogen) atoms. The van der Waals surface area contributed by atoms with Crippen LogP contribution in [0.25, 0.3) is 0 Å². The number of rotatable bonds is 5. The summed E-state index contributed by atoms with van der Waals surface area (Å²) in [5.74, 6) is -2.95. The molecular weight excluding hydrogens is 228 g/mol. The minimum Gasteiger partial charge on any atom is -0.480 e. The van der Waals surface area contributed by atoms with E-state index in [9.17, 15) is 14.4 Å². The van der Waals surface area contributed by atoms with Crippen molar-refractivity contribution < 1.29 is 24.2 Å². The number of ketones is 1. The largest absolute Gasteiger partial charge is 0.480 e. The first kappa shape index (κ1) is 15.5. The molecule has 0 heterocycles. The molecule has 0 saturated heterocycles. The number of carboxylic acids is 1. The van der Waals surface area contributed by atoms with Crippen molar-refractivity contribution in [2.24, 2.45) is 5.73 Å². The SMILES string of the molecule is CC(=O)C(N)(NCC(=O)O)C(=O)OC(C)(C)C. The predicted octanol–water partition coefficient (Wildman–Crippen LogP) is -0.754. The Labute approximate surface area is 99.3 Å². The number of carbonyl (C=O) groups is 3. The Hall–Kier alpha value is -1.47. The molecule has 0 radical (unpaired) electrons. The van der Waals surface area contributed by atoms with E-state index in [0.29, 0.717) is 0 Å². The molecule has 0 aliphatic rings. The number of ether oxygens (including phenoxy) is 1. The summed E-state index contributed by atoms with van der Waals surface area (Å²) in [5.41, 5.74) is 2.59. The summed E-state index contributed by atoms with van der Waals surface area (Å²) in [6.07, 6.45) is 0. The van der Waals surface area contributed by atoms with Crippen LogP contribution >= 0.6 is 0 Å². The van der Waals surface area contributed by atoms with Crippen LogP contribution < -0.4 is 11.1 Å². The van der Waals surface area contributed by atoms with Crippen molar-refractivity contribution in [1.82, 2.24) is 5.32 Å². The van der Waals surface area contributed by atoms with E-state index in [1.807, 2.05) is 0 Å². The van der Waals surface area contributed by atoms with Gasteiger partial charge in [-0.2, -0.15) is 0 Å². The van der Waals surface area contributed by atoms with Crippen LogP contribution in [0.3, 0.4) is 0 Å². The lowest BCUT2D eigenvalue weighted by Gasteiger charge is -2.29. The van der Waals surface area contributed by atoms with Crippen molar-refractivity contribution in [3.05, 3.63) is 0 Å². The van der Waals surface area contributed by atoms with Crippen molar-refractivity contribution in [1.29, 1.82) is 0 Å². The molecule has 4 N–H and O–H groups in total. The second-order valence-corrected chi connectivity index (χ2v) is 4.61. The standard InChI is InChI=1S/C10H18N2O5/c1-6(13)10(11,12-5-7(14)15)8(16)17-9(2,3)4/h12H,5,11H2,1-4H3,(H,14,15). The van der Waals surface area contributed by atoms with Crippen LogP contribution in [0.1, 0.15) is 27.7 Å². The summed E-state index contributed by atoms with van der Waals surface area (Å²) in [5, 5.41) is 10.7. The molecule has 0 aromatic carbocycles. The number of hydrogen-bond donors (Lipinski definition) is 3. The highest BCUT2D eigenvalue weighted by molar-refractivity contribution is 6.07. The van der Waals surface area contributed by atoms with Gasteiger partial charge < -0.3 is 9.84 Å². The predicted molar refractivity (Wildman–Crippen MR) is 59.1 cm³/mol. The first-order valence-electron chi connectivity index (χ1n) is 4.99. The fourth-order valence-corrected chi connectivity index (χ4v) is 0.914. The Kier molecular flexibility index (Phi) is 4.79. The fraction of sp³-hybridized carbons (Fsp3) is 0.700. The van der Waals surface area contributed by atoms with Gasteiger partial charge in [-0.25, -0.2) is 4.79 Å². The van der Waals surface area contributed by atoms with Gasteiger partial charge in [0.1, 0.15) is 5.60 Å². The topological polar surface area (TPSA) is 119 Å². The number of carbonyl (C=O) groups excluding carboxylic acids is 2. The fourth-order valence-electron chi connectivity index (χ4n) is 0.914. The summed E-state index contributed by atoms with van der Waals surface area (Å²) in [7, 11) is 0. The second kappa shape index (κ2) is 5.24. The molecule has 0 aromatic rings. The van der Waals surface area contributed by atoms with Gasteiger partial charge in [0, 0.05) is 0 Å². The number of Topliss-reactive ketones (excluding diaryl/α,β-unsaturated/α-hetero) is 1. The zero-order chi connectivity index (χ0) is 13.9. The molecule has 7 nitrogen and oxygen atoms in total. The van der Waals surface area contributed by atoms with Crippen molar-refractivity contribution >= 4 is 17.7 Å². The average molecular weight is 246 g/mol. The van der Waals surface area contributed by atoms with E-state index >= 15 is 0 Å². The Balaban J connectivity index is 4.88. The Morgan fingerprint density at radius 1 is 1.29 bits per heavy atom. The highest BCUT2D eigenvalue weighted by Crippen LogP contribution is 2.12. The third-order valence-electron chi connectivity index (χ3n) is 1.79. The minimum atomic E-state index is -2.13. The molecule has 1 unspecified atom stereocenters. The molecule has 7 heteroatoms. The van der Waals surface area contributed by atoms with Crippen LogP contribution in [-0.2, 0) is 19.1 Å². The van der Waals surface area contributed by atoms with Crippen LogP contribution in [0.5, 0.6) is 0 Å². The van der Waals surface area contributed by atoms with Gasteiger partial charge in [0.25, 0.3) is 0 Å². The van der Waals surface area contributed by atoms with Crippen molar-refractivity contribution in [3.8, 4) is 0 Å². The molecule has 0 aromatic heterocycles. The maximum atomic E-state index is 11.7. The Morgan fingerprint density at radius 2 is 1.76 bits per heavy atom. The summed E-state index contributed by atoms with van der Waals surface area (Å²) in [6, 6.07) is 0. The third kappa shape index (κ3) is 4.92. The summed E-state index contributed by atoms with van der Waals surface area (Å²) in [6.45, 7) is 5.31. The maximum absolute atomic E-state index is 11.7. The van der Waals surface area contributed by atoms with E-state index in [2.05, 4.69) is 5.32 Å². The van der Waals surface area contributed by atoms with Gasteiger partial charge in [0.15, 0.2) is 5.78 Å². The zero-order valence-electron chi connectivity index (χ0n) is 10.4. The maximum Gasteiger partial charge on any atom is 0.349 e. The lowest BCUT2D eigenvalue weighted by atomic mass is 10.1. The van der Waals surface area contributed by atoms with Gasteiger partial charge in [-0.05, 0) is 27.7 Å². The summed E-state index contributed by atoms with van der Waals surface area (Å²) >= 11 is 0. The molecule has 0 saturated carbocycles. The van der Waals surface area contributed by atoms with Gasteiger partial charge in [-0.1, -0.05) is 0 Å². The van der Waals surface area contributed by atoms with E-state index in [1.165, 1.54) is 0 Å². The lowest BCUT2D eigenvalue weighted by molar-refractivity contribution is -0.165. The van der Waals surface area contributed by atoms with Crippen molar-refractivity contribution in [3.63, 3.8) is 0 Å². The number of nitrogens with two attached hydrogens (primary N) is 1. The number of esters is 1. The van der Waals surface area contributed by atoms with E-state index in [-0.39, 0.29) is 0 Å². The smallest absolute Gasteiger partial charge is 0.349 e. The molecule has 0 spiro atoms. The number of nitrogens with one attached hydrogen (secondary N) is 1. The number of hydrogen-bond acceptors (Lipinski definition) is 6. The third-order valence-corrected chi connectivity index (χ3v) is 1.79. The van der Waals surface area contributed by atoms with Crippen molar-refractivity contribution in [2.45, 2.75) is 39.0 Å². The van der Waals surface area contributed by atoms with Gasteiger partial charge in [0.05, 0.1) is 6.54 Å². The monoisotopic (exact) mass is 246 g/mol. The molecule has 0 amide bonds. The first-order chi connectivity index (χ1) is 7.49. The Morgan fingerprint density at radius 3 is 2.06 bits per heavy atom. The molecule has 98 valence electrons. The zero-order valence-corrected chi connectivity index (χ0v) is 10.4. The summed E-state index contributed by atoms with van der Waals surface area (Å²) < 4.78 is 4.96. The lowest BCUT2D eigenvalue weighted by Crippen LogP contribution is -2.66. The van der Waals surface area contributed by atoms with Crippen molar-refractivity contribution in [2.75, 3.05) is 6.54 Å². The average Bonchev–Trinajstić information content (AvgIpc) is 2.10. The number of aliphatic carboxylic acids is 1. The molecule has 0 rings (SSSR count). The van der Waals surface area contributed by atoms with Crippen LogP contribution in [0.15, 0.2) is 0 Å². The minimum absolute atomic E-state index is 0.616. The molecule has 0 aliphatic heterocycles. The highest BCUT2D eigenvalue weighted by atomic mass is 16.6. The van der Waals surface area contributed by atoms with Gasteiger partial charge >= 0.3 is 11.9 Å². The molecular formula is C10H18N2O5. The van der Waals surface area contributed by atoms with Crippen LogP contribution in [0.4, 0.5) is 0 Å². The highest BCUT2D eigenvalue weighted by Gasteiger charge is 2.42. The quantitative estimate of drug-likeness (QED) is 0.331. The van der Waals surface area contributed by atoms with Crippen LogP contribution in [-0.4, -0.2) is 40.6 Å².